The van der Waals surface area contributed by atoms with Crippen molar-refractivity contribution in [3.63, 3.8) is 0 Å². The summed E-state index contributed by atoms with van der Waals surface area (Å²) in [5.74, 6) is 1.03. The Balaban J connectivity index is 0.000000259. The van der Waals surface area contributed by atoms with E-state index in [2.05, 4.69) is 11.8 Å². The van der Waals surface area contributed by atoms with Gasteiger partial charge < -0.3 is 48.5 Å². The zero-order chi connectivity index (χ0) is 98.5. The summed E-state index contributed by atoms with van der Waals surface area (Å²) < 4.78 is 363. The first kappa shape index (κ1) is 110. The third-order valence-corrected chi connectivity index (χ3v) is 24.8. The number of ether oxygens (including phenoxy) is 4. The maximum Gasteiger partial charge on any atom is 1.00 e. The third-order valence-electron chi connectivity index (χ3n) is 19.5. The fourth-order valence-electron chi connectivity index (χ4n) is 13.0. The number of phenols is 4. The summed E-state index contributed by atoms with van der Waals surface area (Å²) in [6, 6.07) is 59.4. The van der Waals surface area contributed by atoms with Gasteiger partial charge in [0.05, 0.1) is 31.6 Å². The van der Waals surface area contributed by atoms with Crippen molar-refractivity contribution in [3.05, 3.63) is 378 Å². The minimum atomic E-state index is -5.81. The van der Waals surface area contributed by atoms with Gasteiger partial charge in [0.2, 0.25) is 30.5 Å². The first-order chi connectivity index (χ1) is 62.7. The monoisotopic (exact) mass is 2010 g/mol. The molecule has 0 fully saturated rings. The van der Waals surface area contributed by atoms with Crippen molar-refractivity contribution in [3.8, 4) is 110 Å². The van der Waals surface area contributed by atoms with E-state index >= 15 is 0 Å². The van der Waals surface area contributed by atoms with Crippen LogP contribution in [0.25, 0.3) is 22.3 Å². The molecule has 136 heavy (non-hydrogen) atoms. The molecule has 18 nitrogen and oxygen atoms in total. The summed E-state index contributed by atoms with van der Waals surface area (Å²) in [5, 5.41) is 35.9. The molecule has 0 aliphatic rings. The molecule has 14 aromatic carbocycles. The number of sulfone groups is 2. The molecule has 0 spiro atoms. The van der Waals surface area contributed by atoms with Crippen LogP contribution in [0.15, 0.2) is 345 Å². The Morgan fingerprint density at radius 1 is 0.316 bits per heavy atom. The van der Waals surface area contributed by atoms with Crippen LogP contribution in [0, 0.1) is 54.9 Å². The molecular formula is C96H64F16K2O18S4. The number of hydrogen-bond acceptors (Lipinski definition) is 18. The molecule has 0 aliphatic heterocycles. The molecule has 4 N–H and O–H groups in total. The van der Waals surface area contributed by atoms with Gasteiger partial charge >= 0.3 is 127 Å². The zero-order valence-electron chi connectivity index (χ0n) is 70.4. The molecule has 0 saturated heterocycles. The number of terminal acetylenes is 2. The van der Waals surface area contributed by atoms with Crippen LogP contribution in [0.5, 0.6) is 63.2 Å². The van der Waals surface area contributed by atoms with Crippen LogP contribution in [0.3, 0.4) is 0 Å². The predicted molar refractivity (Wildman–Crippen MR) is 455 cm³/mol. The number of rotatable bonds is 19. The summed E-state index contributed by atoms with van der Waals surface area (Å²) in [6.45, 7) is 1.89. The van der Waals surface area contributed by atoms with Crippen molar-refractivity contribution < 1.29 is 255 Å². The molecule has 0 unspecified atom stereocenters. The van der Waals surface area contributed by atoms with Crippen LogP contribution >= 0.6 is 0 Å². The molecular weight excluding hydrogens is 1950 g/mol. The van der Waals surface area contributed by atoms with Crippen molar-refractivity contribution in [2.75, 3.05) is 7.11 Å². The average molecular weight is 2020 g/mol. The zero-order valence-corrected chi connectivity index (χ0v) is 79.9. The molecule has 0 aromatic heterocycles. The predicted octanol–water partition coefficient (Wildman–Crippen LogP) is 17.1. The Bertz CT molecular complexity index is 6980. The maximum atomic E-state index is 14.6. The minimum absolute atomic E-state index is 0. The number of halogens is 16. The van der Waals surface area contributed by atoms with Gasteiger partial charge in [-0.25, -0.2) is 51.2 Å². The molecule has 0 amide bonds. The van der Waals surface area contributed by atoms with Crippen LogP contribution < -0.4 is 122 Å². The fraction of sp³-hybridized carbons (Fsp3) is 0.0833. The number of aromatic hydroxyl groups is 4. The molecule has 40 heteroatoms. The molecule has 0 saturated carbocycles. The Labute approximate surface area is 852 Å². The molecule has 14 aromatic rings. The van der Waals surface area contributed by atoms with E-state index in [1.54, 1.807) is 48.5 Å². The average Bonchev–Trinajstić information content (AvgIpc) is 0.727. The van der Waals surface area contributed by atoms with E-state index in [9.17, 15) is 113 Å². The topological polar surface area (TPSA) is 301 Å². The van der Waals surface area contributed by atoms with Gasteiger partial charge in [-0.15, -0.1) is 12.8 Å². The van der Waals surface area contributed by atoms with Crippen LogP contribution in [0.1, 0.15) is 38.9 Å². The molecule has 694 valence electrons. The van der Waals surface area contributed by atoms with Crippen LogP contribution in [0.2, 0.25) is 0 Å². The summed E-state index contributed by atoms with van der Waals surface area (Å²) >= 11 is 0. The second-order valence-corrected chi connectivity index (χ2v) is 34.8. The SMILES string of the molecule is C#Cc1ccc(-c2cc(C)ccc2Oc2ccc(Oc3ccc(S(=O)(=O)c4ccc(Oc5ccc(C(c6ccc(OC)cc6)(C(F)(F)F)C(F)(F)F)cc5)cc4)cc3)c(S(=O)(=O)[O-])c2)cc1.C#Cc1ccc(-c2cc(F)ccc2F)cc1.O=S(=O)([O-])c1cc(O)ccc1O.O=S(=O)(c1ccc(F)cc1)c1ccc(F)cc1.Oc1ccc(C(c2ccc(O)cc2)(C(F)(F)F)C(F)(F)F)cc1.[K+].[K+]. The number of alkyl halides is 12. The van der Waals surface area contributed by atoms with E-state index in [0.717, 1.165) is 114 Å². The Morgan fingerprint density at radius 3 is 0.993 bits per heavy atom. The first-order valence-corrected chi connectivity index (χ1v) is 43.7. The van der Waals surface area contributed by atoms with Crippen LogP contribution in [-0.4, -0.2) is 95.0 Å². The van der Waals surface area contributed by atoms with Gasteiger partial charge in [-0.3, -0.25) is 0 Å². The Kier molecular flexibility index (Phi) is 36.5. The van der Waals surface area contributed by atoms with E-state index in [0.29, 0.717) is 82.6 Å². The molecule has 0 aliphatic carbocycles. The van der Waals surface area contributed by atoms with E-state index in [-0.39, 0.29) is 168 Å². The maximum absolute atomic E-state index is 14.6. The number of hydrogen-bond donors (Lipinski definition) is 4. The van der Waals surface area contributed by atoms with Gasteiger partial charge in [-0.2, -0.15) is 52.7 Å². The minimum Gasteiger partial charge on any atom is -0.744 e. The van der Waals surface area contributed by atoms with Gasteiger partial charge in [0.15, 0.2) is 0 Å². The smallest absolute Gasteiger partial charge is 0.744 e. The second-order valence-electron chi connectivity index (χ2n) is 28.2. The number of benzene rings is 14. The number of phenolic OH excluding ortho intramolecular Hbond substituents is 4. The summed E-state index contributed by atoms with van der Waals surface area (Å²) in [5.41, 5.74) is -8.43. The van der Waals surface area contributed by atoms with Gasteiger partial charge in [0.25, 0.3) is 0 Å². The summed E-state index contributed by atoms with van der Waals surface area (Å²) in [7, 11) is -16.5. The van der Waals surface area contributed by atoms with Crippen molar-refractivity contribution in [2.45, 2.75) is 71.8 Å². The first-order valence-electron chi connectivity index (χ1n) is 37.9. The molecule has 14 rings (SSSR count). The summed E-state index contributed by atoms with van der Waals surface area (Å²) in [4.78, 5) is -2.03. The second kappa shape index (κ2) is 45.2. The molecule has 0 heterocycles. The third kappa shape index (κ3) is 26.2. The Morgan fingerprint density at radius 2 is 0.632 bits per heavy atom. The number of methoxy groups -OCH3 is 1. The molecule has 0 atom stereocenters. The van der Waals surface area contributed by atoms with Crippen LogP contribution in [-0.2, 0) is 50.7 Å². The largest absolute Gasteiger partial charge is 1.00 e. The normalized spacial score (nSPS) is 11.8. The van der Waals surface area contributed by atoms with E-state index in [1.807, 2.05) is 25.1 Å². The van der Waals surface area contributed by atoms with Crippen molar-refractivity contribution in [1.29, 1.82) is 0 Å². The van der Waals surface area contributed by atoms with E-state index in [1.165, 1.54) is 98.1 Å². The number of aryl methyl sites for hydroxylation is 1. The fourth-order valence-corrected chi connectivity index (χ4v) is 16.7. The van der Waals surface area contributed by atoms with Crippen molar-refractivity contribution >= 4 is 39.9 Å². The Hall–Kier alpha value is -11.5. The van der Waals surface area contributed by atoms with Crippen molar-refractivity contribution in [2.24, 2.45) is 0 Å². The summed E-state index contributed by atoms with van der Waals surface area (Å²) in [6.07, 6.45) is -12.3. The van der Waals surface area contributed by atoms with Crippen molar-refractivity contribution in [1.82, 2.24) is 0 Å². The standard InChI is InChI=1S/C49H34F6O9S2.C15H10F6O2.C14H8F2.C12H8F2O2S.C6H6O5S.2K/c1-4-32-6-8-33(9-7-32)43-29-31(2)5-27-44(43)64-40-22-28-45(46(30-40)66(58,59)60)63-39-20-25-42(26-21-39)65(56,57)41-23-18-38(19-24-41)62-37-16-12-35(13-17-37)47(48(50,51)52,49(53,54)55)34-10-14-36(61-3)15-11-34;16-14(17,18)13(15(19,20)21,9-1-5-11(22)6-2-9)10-3-7-12(23)8-4-10;1-2-10-3-5-11(6-4-10)13-9-12(15)7-8-14(13)16;13-9-1-5-11(6-2-9)17(15,16)12-7-3-10(14)4-8-12;7-4-1-2-5(8)6(3-4)12(9,10)11;;/h1,5-30H,2-3H3,(H,58,59,60);1-8,22-23H;1,3-9H;1-8H;1-3,7-8H,(H,9,10,11);;/q;;;;;2*+1/p-2. The van der Waals surface area contributed by atoms with Gasteiger partial charge in [-0.05, 0) is 265 Å². The van der Waals surface area contributed by atoms with Gasteiger partial charge in [-0.1, -0.05) is 96.3 Å². The van der Waals surface area contributed by atoms with E-state index < -0.39 is 148 Å². The quantitative estimate of drug-likeness (QED) is 0.0146. The van der Waals surface area contributed by atoms with E-state index in [4.69, 9.17) is 52.2 Å². The molecule has 0 bridgehead atoms. The van der Waals surface area contributed by atoms with Gasteiger partial charge in [0, 0.05) is 34.4 Å². The molecule has 0 radical (unpaired) electrons. The van der Waals surface area contributed by atoms with Gasteiger partial charge in [0.1, 0.15) is 112 Å². The van der Waals surface area contributed by atoms with Crippen LogP contribution in [0.4, 0.5) is 70.2 Å².